The summed E-state index contributed by atoms with van der Waals surface area (Å²) in [6.07, 6.45) is 6.49. The van der Waals surface area contributed by atoms with Crippen molar-refractivity contribution in [2.75, 3.05) is 26.7 Å². The molecule has 1 saturated heterocycles. The van der Waals surface area contributed by atoms with Gasteiger partial charge in [-0.05, 0) is 63.2 Å². The maximum absolute atomic E-state index is 5.20. The molecule has 4 rings (SSSR count). The average molecular weight is 368 g/mol. The van der Waals surface area contributed by atoms with Gasteiger partial charge in [-0.25, -0.2) is 4.98 Å². The van der Waals surface area contributed by atoms with Crippen molar-refractivity contribution in [3.05, 3.63) is 53.3 Å². The van der Waals surface area contributed by atoms with Crippen LogP contribution in [0.5, 0.6) is 5.75 Å². The Bertz CT molecular complexity index is 805. The Morgan fingerprint density at radius 3 is 2.73 bits per heavy atom. The fraction of sp³-hybridized carbons (Fsp3) is 0.429. The molecule has 4 nitrogen and oxygen atoms in total. The number of piperidine rings is 1. The minimum Gasteiger partial charge on any atom is -0.495 e. The molecule has 26 heavy (non-hydrogen) atoms. The maximum Gasteiger partial charge on any atom is 0.137 e. The number of benzene rings is 1. The lowest BCUT2D eigenvalue weighted by atomic mass is 9.93. The number of ether oxygens (including phenoxy) is 1. The van der Waals surface area contributed by atoms with Crippen LogP contribution in [0, 0.1) is 0 Å². The molecular weight excluding hydrogens is 342 g/mol. The van der Waals surface area contributed by atoms with Gasteiger partial charge < -0.3 is 9.64 Å². The number of fused-ring (bicyclic) bond motifs is 1. The lowest BCUT2D eigenvalue weighted by molar-refractivity contribution is 0.209. The molecule has 0 radical (unpaired) electrons. The maximum atomic E-state index is 5.20. The molecule has 0 spiro atoms. The van der Waals surface area contributed by atoms with Crippen molar-refractivity contribution in [3.63, 3.8) is 0 Å². The highest BCUT2D eigenvalue weighted by Crippen LogP contribution is 2.28. The summed E-state index contributed by atoms with van der Waals surface area (Å²) in [5, 5.41) is 1.27. The van der Waals surface area contributed by atoms with E-state index in [1.54, 1.807) is 7.11 Å². The van der Waals surface area contributed by atoms with Gasteiger partial charge in [-0.2, -0.15) is 0 Å². The monoisotopic (exact) mass is 367 g/mol. The average Bonchev–Trinajstić information content (AvgIpc) is 3.11. The van der Waals surface area contributed by atoms with E-state index in [0.717, 1.165) is 30.8 Å². The highest BCUT2D eigenvalue weighted by molar-refractivity contribution is 7.18. The standard InChI is InChI=1S/C21H25N3OS/c1-25-17-8-9-18(22-15-17)16-10-13-24(14-11-16)12-4-7-21-23-19-5-2-3-6-20(19)26-21/h2-3,5-6,8-9,15-16H,4,7,10-14H2,1H3. The molecule has 5 heteroatoms. The molecule has 0 bridgehead atoms. The molecule has 0 N–H and O–H groups in total. The summed E-state index contributed by atoms with van der Waals surface area (Å²) < 4.78 is 6.50. The minimum atomic E-state index is 0.585. The highest BCUT2D eigenvalue weighted by atomic mass is 32.1. The van der Waals surface area contributed by atoms with E-state index >= 15 is 0 Å². The molecule has 1 aliphatic heterocycles. The van der Waals surface area contributed by atoms with E-state index in [9.17, 15) is 0 Å². The molecule has 0 amide bonds. The molecule has 0 atom stereocenters. The second kappa shape index (κ2) is 8.14. The topological polar surface area (TPSA) is 38.2 Å². The van der Waals surface area contributed by atoms with E-state index < -0.39 is 0 Å². The molecular formula is C21H25N3OS. The zero-order valence-corrected chi connectivity index (χ0v) is 16.0. The van der Waals surface area contributed by atoms with Crippen LogP contribution in [0.1, 0.15) is 35.9 Å². The van der Waals surface area contributed by atoms with Gasteiger partial charge in [-0.1, -0.05) is 12.1 Å². The summed E-state index contributed by atoms with van der Waals surface area (Å²) in [5.41, 5.74) is 2.35. The van der Waals surface area contributed by atoms with Gasteiger partial charge >= 0.3 is 0 Å². The molecule has 136 valence electrons. The highest BCUT2D eigenvalue weighted by Gasteiger charge is 2.21. The molecule has 1 fully saturated rings. The number of hydrogen-bond donors (Lipinski definition) is 0. The lowest BCUT2D eigenvalue weighted by Gasteiger charge is -2.31. The summed E-state index contributed by atoms with van der Waals surface area (Å²) in [5.74, 6) is 1.42. The van der Waals surface area contributed by atoms with E-state index in [2.05, 4.69) is 40.2 Å². The quantitative estimate of drug-likeness (QED) is 0.642. The predicted octanol–water partition coefficient (Wildman–Crippen LogP) is 4.51. The van der Waals surface area contributed by atoms with Crippen LogP contribution in [0.3, 0.4) is 0 Å². The third-order valence-electron chi connectivity index (χ3n) is 5.20. The Kier molecular flexibility index (Phi) is 5.46. The van der Waals surface area contributed by atoms with E-state index in [-0.39, 0.29) is 0 Å². The molecule has 3 aromatic rings. The SMILES string of the molecule is COc1ccc(C2CCN(CCCc3nc4ccccc4s3)CC2)nc1. The first-order valence-electron chi connectivity index (χ1n) is 9.38. The summed E-state index contributed by atoms with van der Waals surface area (Å²) in [6, 6.07) is 12.6. The fourth-order valence-electron chi connectivity index (χ4n) is 3.69. The Hall–Kier alpha value is -1.98. The van der Waals surface area contributed by atoms with E-state index in [1.165, 1.54) is 41.2 Å². The smallest absolute Gasteiger partial charge is 0.137 e. The number of rotatable bonds is 6. The van der Waals surface area contributed by atoms with Crippen LogP contribution in [0.2, 0.25) is 0 Å². The van der Waals surface area contributed by atoms with Crippen LogP contribution < -0.4 is 4.74 Å². The Balaban J connectivity index is 1.23. The van der Waals surface area contributed by atoms with Crippen molar-refractivity contribution >= 4 is 21.6 Å². The van der Waals surface area contributed by atoms with Crippen LogP contribution in [0.25, 0.3) is 10.2 Å². The molecule has 0 saturated carbocycles. The number of nitrogens with zero attached hydrogens (tertiary/aromatic N) is 3. The summed E-state index contributed by atoms with van der Waals surface area (Å²) in [6.45, 7) is 3.50. The van der Waals surface area contributed by atoms with Gasteiger partial charge in [0, 0.05) is 18.0 Å². The van der Waals surface area contributed by atoms with Crippen molar-refractivity contribution < 1.29 is 4.74 Å². The van der Waals surface area contributed by atoms with Crippen molar-refractivity contribution in [2.45, 2.75) is 31.6 Å². The Labute approximate surface area is 158 Å². The first kappa shape index (κ1) is 17.4. The first-order chi connectivity index (χ1) is 12.8. The van der Waals surface area contributed by atoms with Crippen molar-refractivity contribution in [2.24, 2.45) is 0 Å². The normalized spacial score (nSPS) is 16.2. The number of aromatic nitrogens is 2. The molecule has 2 aromatic heterocycles. The van der Waals surface area contributed by atoms with Crippen molar-refractivity contribution in [3.8, 4) is 5.75 Å². The summed E-state index contributed by atoms with van der Waals surface area (Å²) in [7, 11) is 1.68. The second-order valence-electron chi connectivity index (χ2n) is 6.92. The van der Waals surface area contributed by atoms with E-state index in [0.29, 0.717) is 5.92 Å². The number of para-hydroxylation sites is 1. The number of thiazole rings is 1. The van der Waals surface area contributed by atoms with Crippen LogP contribution in [0.15, 0.2) is 42.6 Å². The van der Waals surface area contributed by atoms with Crippen LogP contribution in [0.4, 0.5) is 0 Å². The van der Waals surface area contributed by atoms with Crippen LogP contribution in [-0.2, 0) is 6.42 Å². The van der Waals surface area contributed by atoms with Crippen molar-refractivity contribution in [1.82, 2.24) is 14.9 Å². The molecule has 1 aliphatic rings. The second-order valence-corrected chi connectivity index (χ2v) is 8.03. The fourth-order valence-corrected chi connectivity index (χ4v) is 4.70. The number of likely N-dealkylation sites (tertiary alicyclic amines) is 1. The van der Waals surface area contributed by atoms with Gasteiger partial charge in [0.25, 0.3) is 0 Å². The van der Waals surface area contributed by atoms with Gasteiger partial charge in [0.2, 0.25) is 0 Å². The zero-order chi connectivity index (χ0) is 17.8. The summed E-state index contributed by atoms with van der Waals surface area (Å²) >= 11 is 1.84. The third kappa shape index (κ3) is 4.05. The van der Waals surface area contributed by atoms with Gasteiger partial charge in [-0.15, -0.1) is 11.3 Å². The van der Waals surface area contributed by atoms with Gasteiger partial charge in [0.1, 0.15) is 5.75 Å². The predicted molar refractivity (Wildman–Crippen MR) is 107 cm³/mol. The van der Waals surface area contributed by atoms with Gasteiger partial charge in [0.05, 0.1) is 28.5 Å². The lowest BCUT2D eigenvalue weighted by Crippen LogP contribution is -2.34. The van der Waals surface area contributed by atoms with E-state index in [4.69, 9.17) is 9.72 Å². The number of methoxy groups -OCH3 is 1. The van der Waals surface area contributed by atoms with Crippen molar-refractivity contribution in [1.29, 1.82) is 0 Å². The van der Waals surface area contributed by atoms with Crippen LogP contribution >= 0.6 is 11.3 Å². The largest absolute Gasteiger partial charge is 0.495 e. The third-order valence-corrected chi connectivity index (χ3v) is 6.30. The van der Waals surface area contributed by atoms with Crippen LogP contribution in [-0.4, -0.2) is 41.6 Å². The molecule has 3 heterocycles. The Morgan fingerprint density at radius 2 is 2.00 bits per heavy atom. The number of aryl methyl sites for hydroxylation is 1. The Morgan fingerprint density at radius 1 is 1.15 bits per heavy atom. The minimum absolute atomic E-state index is 0.585. The molecule has 1 aromatic carbocycles. The number of hydrogen-bond acceptors (Lipinski definition) is 5. The summed E-state index contributed by atoms with van der Waals surface area (Å²) in [4.78, 5) is 11.9. The molecule has 0 unspecified atom stereocenters. The van der Waals surface area contributed by atoms with E-state index in [1.807, 2.05) is 23.6 Å². The first-order valence-corrected chi connectivity index (χ1v) is 10.2. The van der Waals surface area contributed by atoms with Gasteiger partial charge in [-0.3, -0.25) is 4.98 Å². The zero-order valence-electron chi connectivity index (χ0n) is 15.2. The van der Waals surface area contributed by atoms with Gasteiger partial charge in [0.15, 0.2) is 0 Å². The number of pyridine rings is 1. The molecule has 0 aliphatic carbocycles.